The molecule has 0 amide bonds. The molecule has 2 aromatic rings. The van der Waals surface area contributed by atoms with Gasteiger partial charge in [-0.15, -0.1) is 0 Å². The highest BCUT2D eigenvalue weighted by atomic mass is 16.6. The molecule has 0 radical (unpaired) electrons. The van der Waals surface area contributed by atoms with Gasteiger partial charge in [-0.2, -0.15) is 0 Å². The molecular formula is C16H13NO6. The monoisotopic (exact) mass is 315 g/mol. The van der Waals surface area contributed by atoms with Crippen molar-refractivity contribution in [3.63, 3.8) is 0 Å². The van der Waals surface area contributed by atoms with Crippen molar-refractivity contribution in [1.29, 1.82) is 0 Å². The van der Waals surface area contributed by atoms with Crippen LogP contribution in [0.25, 0.3) is 0 Å². The smallest absolute Gasteiger partial charge is 0.345 e. The number of ketones is 1. The Hall–Kier alpha value is -3.22. The van der Waals surface area contributed by atoms with E-state index in [2.05, 4.69) is 0 Å². The third kappa shape index (κ3) is 3.70. The Bertz CT molecular complexity index is 756. The van der Waals surface area contributed by atoms with Gasteiger partial charge in [0.1, 0.15) is 11.3 Å². The van der Waals surface area contributed by atoms with Crippen molar-refractivity contribution in [1.82, 2.24) is 0 Å². The molecule has 0 bridgehead atoms. The molecule has 0 heterocycles. The number of nitro groups is 1. The molecule has 0 fully saturated rings. The number of benzene rings is 2. The summed E-state index contributed by atoms with van der Waals surface area (Å²) in [4.78, 5) is 34.2. The number of carbonyl (C=O) groups is 2. The van der Waals surface area contributed by atoms with Crippen LogP contribution in [0.15, 0.2) is 48.5 Å². The van der Waals surface area contributed by atoms with Gasteiger partial charge in [-0.3, -0.25) is 14.9 Å². The maximum atomic E-state index is 12.1. The minimum Gasteiger partial charge on any atom is -0.496 e. The zero-order chi connectivity index (χ0) is 16.8. The molecule has 2 rings (SSSR count). The zero-order valence-electron chi connectivity index (χ0n) is 12.2. The lowest BCUT2D eigenvalue weighted by Crippen LogP contribution is -2.16. The lowest BCUT2D eigenvalue weighted by atomic mass is 10.1. The van der Waals surface area contributed by atoms with Gasteiger partial charge in [0.15, 0.2) is 6.61 Å². The van der Waals surface area contributed by atoms with E-state index in [4.69, 9.17) is 9.47 Å². The summed E-state index contributed by atoms with van der Waals surface area (Å²) >= 11 is 0. The normalized spacial score (nSPS) is 9.96. The van der Waals surface area contributed by atoms with Gasteiger partial charge in [-0.25, -0.2) is 4.79 Å². The molecule has 0 atom stereocenters. The van der Waals surface area contributed by atoms with Crippen molar-refractivity contribution >= 4 is 17.4 Å². The number of hydrogen-bond acceptors (Lipinski definition) is 6. The minimum absolute atomic E-state index is 0.203. The highest BCUT2D eigenvalue weighted by Gasteiger charge is 2.22. The average molecular weight is 315 g/mol. The highest BCUT2D eigenvalue weighted by molar-refractivity contribution is 6.02. The predicted octanol–water partition coefficient (Wildman–Crippen LogP) is 2.64. The van der Waals surface area contributed by atoms with Crippen LogP contribution in [-0.4, -0.2) is 30.4 Å². The fraction of sp³-hybridized carbons (Fsp3) is 0.125. The van der Waals surface area contributed by atoms with Gasteiger partial charge < -0.3 is 9.47 Å². The standard InChI is InChI=1S/C16H13NO6/c1-22-15-9-5-3-7-12(15)14(18)10-23-16(19)11-6-2-4-8-13(11)17(20)21/h2-9H,10H2,1H3. The van der Waals surface area contributed by atoms with Crippen LogP contribution in [0.3, 0.4) is 0 Å². The highest BCUT2D eigenvalue weighted by Crippen LogP contribution is 2.20. The van der Waals surface area contributed by atoms with Gasteiger partial charge in [-0.1, -0.05) is 24.3 Å². The number of rotatable bonds is 6. The van der Waals surface area contributed by atoms with E-state index >= 15 is 0 Å². The first-order valence-corrected chi connectivity index (χ1v) is 6.61. The summed E-state index contributed by atoms with van der Waals surface area (Å²) in [5, 5.41) is 10.9. The summed E-state index contributed by atoms with van der Waals surface area (Å²) in [6, 6.07) is 11.9. The van der Waals surface area contributed by atoms with Crippen molar-refractivity contribution in [2.45, 2.75) is 0 Å². The van der Waals surface area contributed by atoms with Crippen molar-refractivity contribution in [2.24, 2.45) is 0 Å². The maximum absolute atomic E-state index is 12.1. The van der Waals surface area contributed by atoms with Crippen LogP contribution in [-0.2, 0) is 4.74 Å². The molecule has 0 aliphatic rings. The number of ether oxygens (including phenoxy) is 2. The third-order valence-corrected chi connectivity index (χ3v) is 3.06. The van der Waals surface area contributed by atoms with E-state index in [1.54, 1.807) is 24.3 Å². The zero-order valence-corrected chi connectivity index (χ0v) is 12.2. The fourth-order valence-corrected chi connectivity index (χ4v) is 1.97. The van der Waals surface area contributed by atoms with Gasteiger partial charge >= 0.3 is 5.97 Å². The Kier molecular flexibility index (Phi) is 5.03. The molecule has 0 saturated carbocycles. The van der Waals surface area contributed by atoms with E-state index in [1.165, 1.54) is 31.4 Å². The van der Waals surface area contributed by atoms with E-state index in [-0.39, 0.29) is 16.8 Å². The summed E-state index contributed by atoms with van der Waals surface area (Å²) in [7, 11) is 1.42. The lowest BCUT2D eigenvalue weighted by molar-refractivity contribution is -0.385. The van der Waals surface area contributed by atoms with Crippen LogP contribution in [0, 0.1) is 10.1 Å². The van der Waals surface area contributed by atoms with Crippen LogP contribution in [0.2, 0.25) is 0 Å². The van der Waals surface area contributed by atoms with Crippen LogP contribution < -0.4 is 4.74 Å². The predicted molar refractivity (Wildman–Crippen MR) is 80.7 cm³/mol. The quantitative estimate of drug-likeness (QED) is 0.352. The molecule has 0 aromatic heterocycles. The second-order valence-electron chi connectivity index (χ2n) is 4.47. The molecule has 0 aliphatic heterocycles. The molecule has 118 valence electrons. The van der Waals surface area contributed by atoms with Crippen LogP contribution in [0.1, 0.15) is 20.7 Å². The molecule has 7 nitrogen and oxygen atoms in total. The van der Waals surface area contributed by atoms with Gasteiger partial charge in [0.2, 0.25) is 5.78 Å². The maximum Gasteiger partial charge on any atom is 0.345 e. The van der Waals surface area contributed by atoms with Crippen molar-refractivity contribution in [2.75, 3.05) is 13.7 Å². The lowest BCUT2D eigenvalue weighted by Gasteiger charge is -2.08. The summed E-state index contributed by atoms with van der Waals surface area (Å²) in [6.07, 6.45) is 0. The van der Waals surface area contributed by atoms with Crippen LogP contribution in [0.4, 0.5) is 5.69 Å². The van der Waals surface area contributed by atoms with E-state index in [9.17, 15) is 19.7 Å². The van der Waals surface area contributed by atoms with Gasteiger partial charge in [0, 0.05) is 6.07 Å². The molecule has 2 aromatic carbocycles. The van der Waals surface area contributed by atoms with E-state index in [1.807, 2.05) is 0 Å². The average Bonchev–Trinajstić information content (AvgIpc) is 2.59. The number of para-hydroxylation sites is 2. The van der Waals surface area contributed by atoms with E-state index in [0.717, 1.165) is 0 Å². The SMILES string of the molecule is COc1ccccc1C(=O)COC(=O)c1ccccc1[N+](=O)[O-]. The van der Waals surface area contributed by atoms with Crippen molar-refractivity contribution in [3.05, 3.63) is 69.8 Å². The van der Waals surface area contributed by atoms with Gasteiger partial charge in [0.25, 0.3) is 5.69 Å². The van der Waals surface area contributed by atoms with Gasteiger partial charge in [-0.05, 0) is 18.2 Å². The second-order valence-corrected chi connectivity index (χ2v) is 4.47. The summed E-state index contributed by atoms with van der Waals surface area (Å²) < 4.78 is 9.94. The molecule has 23 heavy (non-hydrogen) atoms. The molecule has 0 unspecified atom stereocenters. The second kappa shape index (κ2) is 7.17. The number of hydrogen-bond donors (Lipinski definition) is 0. The Balaban J connectivity index is 2.11. The summed E-state index contributed by atoms with van der Waals surface area (Å²) in [6.45, 7) is -0.536. The third-order valence-electron chi connectivity index (χ3n) is 3.06. The minimum atomic E-state index is -0.930. The van der Waals surface area contributed by atoms with Crippen LogP contribution in [0.5, 0.6) is 5.75 Å². The Morgan fingerprint density at radius 3 is 2.30 bits per heavy atom. The number of methoxy groups -OCH3 is 1. The summed E-state index contributed by atoms with van der Waals surface area (Å²) in [5.74, 6) is -1.03. The summed E-state index contributed by atoms with van der Waals surface area (Å²) in [5.41, 5.74) is -0.307. The molecule has 0 aliphatic carbocycles. The van der Waals surface area contributed by atoms with Gasteiger partial charge in [0.05, 0.1) is 17.6 Å². The molecule has 0 saturated heterocycles. The molecular weight excluding hydrogens is 302 g/mol. The largest absolute Gasteiger partial charge is 0.496 e. The number of carbonyl (C=O) groups excluding carboxylic acids is 2. The Labute approximate surface area is 131 Å². The fourth-order valence-electron chi connectivity index (χ4n) is 1.97. The Morgan fingerprint density at radius 1 is 1.04 bits per heavy atom. The first kappa shape index (κ1) is 16.2. The first-order chi connectivity index (χ1) is 11.0. The van der Waals surface area contributed by atoms with E-state index < -0.39 is 23.3 Å². The van der Waals surface area contributed by atoms with Crippen molar-refractivity contribution in [3.8, 4) is 5.75 Å². The number of esters is 1. The number of nitro benzene ring substituents is 1. The van der Waals surface area contributed by atoms with Crippen LogP contribution >= 0.6 is 0 Å². The number of nitrogens with zero attached hydrogens (tertiary/aromatic N) is 1. The topological polar surface area (TPSA) is 95.7 Å². The van der Waals surface area contributed by atoms with E-state index in [0.29, 0.717) is 5.75 Å². The number of Topliss-reactive ketones (excluding diaryl/α,β-unsaturated/α-hetero) is 1. The molecule has 0 N–H and O–H groups in total. The molecule has 7 heteroatoms. The molecule has 0 spiro atoms. The first-order valence-electron chi connectivity index (χ1n) is 6.61. The van der Waals surface area contributed by atoms with Crippen molar-refractivity contribution < 1.29 is 24.0 Å². The Morgan fingerprint density at radius 2 is 1.65 bits per heavy atom.